The van der Waals surface area contributed by atoms with Gasteiger partial charge in [-0.1, -0.05) is 6.07 Å². The van der Waals surface area contributed by atoms with Crippen LogP contribution in [-0.4, -0.2) is 58.7 Å². The van der Waals surface area contributed by atoms with Gasteiger partial charge in [0, 0.05) is 26.8 Å². The molecule has 0 unspecified atom stereocenters. The topological polar surface area (TPSA) is 107 Å². The van der Waals surface area contributed by atoms with Crippen LogP contribution >= 0.6 is 0 Å². The fourth-order valence-electron chi connectivity index (χ4n) is 3.07. The minimum Gasteiger partial charge on any atom is -0.493 e. The van der Waals surface area contributed by atoms with E-state index in [0.717, 1.165) is 5.56 Å². The molecule has 0 spiro atoms. The monoisotopic (exact) mass is 422 g/mol. The first-order valence-electron chi connectivity index (χ1n) is 9.48. The van der Waals surface area contributed by atoms with E-state index >= 15 is 0 Å². The maximum Gasteiger partial charge on any atom is 0.258 e. The number of hydrogen-bond donors (Lipinski definition) is 1. The Kier molecular flexibility index (Phi) is 5.44. The van der Waals surface area contributed by atoms with Crippen molar-refractivity contribution in [3.8, 4) is 23.1 Å². The average molecular weight is 422 g/mol. The molecule has 0 fully saturated rings. The van der Waals surface area contributed by atoms with Crippen LogP contribution in [0.15, 0.2) is 47.2 Å². The molecular formula is C21H22N6O4. The third kappa shape index (κ3) is 3.87. The summed E-state index contributed by atoms with van der Waals surface area (Å²) in [6, 6.07) is 9.14. The molecule has 3 aromatic heterocycles. The molecule has 160 valence electrons. The van der Waals surface area contributed by atoms with E-state index in [1.54, 1.807) is 46.7 Å². The van der Waals surface area contributed by atoms with Gasteiger partial charge in [-0.15, -0.1) is 5.10 Å². The average Bonchev–Trinajstić information content (AvgIpc) is 3.46. The van der Waals surface area contributed by atoms with Gasteiger partial charge in [-0.2, -0.15) is 4.52 Å². The van der Waals surface area contributed by atoms with Crippen molar-refractivity contribution in [1.82, 2.24) is 24.5 Å². The molecule has 0 radical (unpaired) electrons. The standard InChI is InChI=1S/C21H22N6O4/c1-26(2)20(28)14-12-23-21(22-11-13-7-8-15(29-3)17(10-13)30-4)27-19(14)24-18(25-27)16-6-5-9-31-16/h5-10,12H,11H2,1-4H3,(H,22,23). The number of hydrogen-bond acceptors (Lipinski definition) is 8. The Labute approximate surface area is 178 Å². The van der Waals surface area contributed by atoms with Crippen LogP contribution < -0.4 is 14.8 Å². The summed E-state index contributed by atoms with van der Waals surface area (Å²) in [6.45, 7) is 0.444. The number of nitrogens with zero attached hydrogens (tertiary/aromatic N) is 5. The van der Waals surface area contributed by atoms with Crippen molar-refractivity contribution < 1.29 is 18.7 Å². The van der Waals surface area contributed by atoms with Crippen LogP contribution in [0.5, 0.6) is 11.5 Å². The minimum absolute atomic E-state index is 0.220. The number of rotatable bonds is 7. The molecule has 1 aromatic carbocycles. The Balaban J connectivity index is 1.71. The number of benzene rings is 1. The Bertz CT molecular complexity index is 1220. The zero-order valence-corrected chi connectivity index (χ0v) is 17.6. The fraction of sp³-hybridized carbons (Fsp3) is 0.238. The molecule has 0 bridgehead atoms. The highest BCUT2D eigenvalue weighted by molar-refractivity contribution is 5.99. The molecule has 0 aliphatic heterocycles. The molecule has 1 N–H and O–H groups in total. The van der Waals surface area contributed by atoms with Gasteiger partial charge >= 0.3 is 0 Å². The molecule has 1 amide bonds. The van der Waals surface area contributed by atoms with E-state index in [-0.39, 0.29) is 5.91 Å². The van der Waals surface area contributed by atoms with E-state index in [1.165, 1.54) is 15.6 Å². The quantitative estimate of drug-likeness (QED) is 0.484. The van der Waals surface area contributed by atoms with Crippen molar-refractivity contribution >= 4 is 17.5 Å². The van der Waals surface area contributed by atoms with Gasteiger partial charge in [0.25, 0.3) is 5.91 Å². The number of methoxy groups -OCH3 is 2. The smallest absolute Gasteiger partial charge is 0.258 e. The van der Waals surface area contributed by atoms with Gasteiger partial charge in [0.15, 0.2) is 22.9 Å². The Morgan fingerprint density at radius 3 is 2.68 bits per heavy atom. The molecule has 31 heavy (non-hydrogen) atoms. The third-order valence-electron chi connectivity index (χ3n) is 4.64. The Hall–Kier alpha value is -4.08. The number of nitrogens with one attached hydrogen (secondary N) is 1. The lowest BCUT2D eigenvalue weighted by Crippen LogP contribution is -2.23. The second-order valence-electron chi connectivity index (χ2n) is 6.89. The summed E-state index contributed by atoms with van der Waals surface area (Å²) in [7, 11) is 6.53. The maximum absolute atomic E-state index is 12.6. The van der Waals surface area contributed by atoms with Crippen molar-refractivity contribution in [2.45, 2.75) is 6.54 Å². The lowest BCUT2D eigenvalue weighted by Gasteiger charge is -2.13. The first kappa shape index (κ1) is 20.2. The summed E-state index contributed by atoms with van der Waals surface area (Å²) in [5.74, 6) is 2.36. The number of furan rings is 1. The van der Waals surface area contributed by atoms with E-state index in [2.05, 4.69) is 20.4 Å². The maximum atomic E-state index is 12.6. The summed E-state index contributed by atoms with van der Waals surface area (Å²) in [5, 5.41) is 7.75. The van der Waals surface area contributed by atoms with Crippen LogP contribution in [0.25, 0.3) is 17.2 Å². The first-order chi connectivity index (χ1) is 15.0. The fourth-order valence-corrected chi connectivity index (χ4v) is 3.07. The van der Waals surface area contributed by atoms with E-state index in [4.69, 9.17) is 13.9 Å². The van der Waals surface area contributed by atoms with Crippen molar-refractivity contribution in [3.63, 3.8) is 0 Å². The molecule has 0 saturated heterocycles. The molecule has 4 aromatic rings. The van der Waals surface area contributed by atoms with Crippen molar-refractivity contribution in [3.05, 3.63) is 53.9 Å². The number of carbonyl (C=O) groups is 1. The second-order valence-corrected chi connectivity index (χ2v) is 6.89. The van der Waals surface area contributed by atoms with Crippen LogP contribution in [0.4, 0.5) is 5.95 Å². The van der Waals surface area contributed by atoms with Gasteiger partial charge < -0.3 is 24.1 Å². The highest BCUT2D eigenvalue weighted by atomic mass is 16.5. The summed E-state index contributed by atoms with van der Waals surface area (Å²) >= 11 is 0. The molecular weight excluding hydrogens is 400 g/mol. The summed E-state index contributed by atoms with van der Waals surface area (Å²) in [4.78, 5) is 23.0. The molecule has 0 saturated carbocycles. The zero-order valence-electron chi connectivity index (χ0n) is 17.6. The largest absolute Gasteiger partial charge is 0.493 e. The van der Waals surface area contributed by atoms with E-state index in [9.17, 15) is 4.79 Å². The first-order valence-corrected chi connectivity index (χ1v) is 9.48. The predicted octanol–water partition coefficient (Wildman–Crippen LogP) is 2.72. The second kappa shape index (κ2) is 8.34. The number of anilines is 1. The number of ether oxygens (including phenoxy) is 2. The van der Waals surface area contributed by atoms with Crippen LogP contribution in [0.1, 0.15) is 15.9 Å². The Morgan fingerprint density at radius 1 is 1.19 bits per heavy atom. The minimum atomic E-state index is -0.220. The van der Waals surface area contributed by atoms with Crippen LogP contribution in [0, 0.1) is 0 Å². The van der Waals surface area contributed by atoms with Gasteiger partial charge in [0.2, 0.25) is 11.8 Å². The highest BCUT2D eigenvalue weighted by Gasteiger charge is 2.20. The molecule has 10 heteroatoms. The Morgan fingerprint density at radius 2 is 2.00 bits per heavy atom. The molecule has 4 rings (SSSR count). The summed E-state index contributed by atoms with van der Waals surface area (Å²) in [5.41, 5.74) is 1.68. The van der Waals surface area contributed by atoms with Crippen LogP contribution in [0.2, 0.25) is 0 Å². The lowest BCUT2D eigenvalue weighted by molar-refractivity contribution is 0.0828. The van der Waals surface area contributed by atoms with E-state index < -0.39 is 0 Å². The predicted molar refractivity (Wildman–Crippen MR) is 113 cm³/mol. The number of aromatic nitrogens is 4. The molecule has 10 nitrogen and oxygen atoms in total. The highest BCUT2D eigenvalue weighted by Crippen LogP contribution is 2.28. The van der Waals surface area contributed by atoms with Gasteiger partial charge in [-0.05, 0) is 29.8 Å². The molecule has 3 heterocycles. The van der Waals surface area contributed by atoms with Gasteiger partial charge in [0.1, 0.15) is 5.56 Å². The SMILES string of the molecule is COc1ccc(CNc2ncc(C(=O)N(C)C)c3nc(-c4ccco4)nn23)cc1OC. The van der Waals surface area contributed by atoms with Crippen molar-refractivity contribution in [2.75, 3.05) is 33.6 Å². The van der Waals surface area contributed by atoms with E-state index in [1.807, 2.05) is 18.2 Å². The van der Waals surface area contributed by atoms with Gasteiger partial charge in [0.05, 0.1) is 20.5 Å². The lowest BCUT2D eigenvalue weighted by atomic mass is 10.2. The van der Waals surface area contributed by atoms with Crippen molar-refractivity contribution in [1.29, 1.82) is 0 Å². The molecule has 0 aliphatic rings. The van der Waals surface area contributed by atoms with E-state index in [0.29, 0.717) is 46.8 Å². The number of fused-ring (bicyclic) bond motifs is 1. The third-order valence-corrected chi connectivity index (χ3v) is 4.64. The summed E-state index contributed by atoms with van der Waals surface area (Å²) < 4.78 is 17.6. The van der Waals surface area contributed by atoms with Gasteiger partial charge in [-0.3, -0.25) is 4.79 Å². The number of carbonyl (C=O) groups excluding carboxylic acids is 1. The van der Waals surface area contributed by atoms with Crippen molar-refractivity contribution in [2.24, 2.45) is 0 Å². The van der Waals surface area contributed by atoms with Crippen LogP contribution in [-0.2, 0) is 6.54 Å². The zero-order chi connectivity index (χ0) is 22.0. The summed E-state index contributed by atoms with van der Waals surface area (Å²) in [6.07, 6.45) is 3.04. The molecule has 0 atom stereocenters. The van der Waals surface area contributed by atoms with Crippen LogP contribution in [0.3, 0.4) is 0 Å². The molecule has 0 aliphatic carbocycles. The number of amides is 1. The van der Waals surface area contributed by atoms with Gasteiger partial charge in [-0.25, -0.2) is 9.97 Å². The normalized spacial score (nSPS) is 10.8.